The highest BCUT2D eigenvalue weighted by Crippen LogP contribution is 2.45. The van der Waals surface area contributed by atoms with E-state index in [2.05, 4.69) is 27.9 Å². The molecule has 9 heteroatoms. The van der Waals surface area contributed by atoms with Gasteiger partial charge in [-0.1, -0.05) is 6.92 Å². The van der Waals surface area contributed by atoms with E-state index in [1.54, 1.807) is 30.0 Å². The zero-order valence-electron chi connectivity index (χ0n) is 16.7. The molecule has 0 heterocycles. The van der Waals surface area contributed by atoms with Crippen LogP contribution in [0.3, 0.4) is 0 Å². The number of aliphatic carboxylic acids is 1. The second-order valence-corrected chi connectivity index (χ2v) is 10.1. The van der Waals surface area contributed by atoms with Crippen LogP contribution in [0.25, 0.3) is 0 Å². The third-order valence-electron chi connectivity index (χ3n) is 5.75. The molecule has 0 aromatic heterocycles. The van der Waals surface area contributed by atoms with Gasteiger partial charge < -0.3 is 10.4 Å². The molecule has 166 valence electrons. The molecular weight excluding hydrogens is 542 g/mol. The van der Waals surface area contributed by atoms with E-state index < -0.39 is 34.7 Å². The molecule has 0 radical (unpaired) electrons. The van der Waals surface area contributed by atoms with E-state index in [1.165, 1.54) is 0 Å². The third kappa shape index (κ3) is 5.36. The first-order valence-corrected chi connectivity index (χ1v) is 11.8. The molecule has 3 rings (SSSR count). The lowest BCUT2D eigenvalue weighted by Crippen LogP contribution is -2.35. The van der Waals surface area contributed by atoms with Crippen molar-refractivity contribution in [3.05, 3.63) is 56.9 Å². The molecule has 1 saturated carbocycles. The van der Waals surface area contributed by atoms with Crippen molar-refractivity contribution in [2.24, 2.45) is 5.41 Å². The first kappa shape index (κ1) is 23.9. The molecule has 2 aromatic rings. The minimum Gasteiger partial charge on any atom is -0.481 e. The lowest BCUT2D eigenvalue weighted by Gasteiger charge is -2.36. The number of nitrogens with one attached hydrogen (secondary N) is 1. The summed E-state index contributed by atoms with van der Waals surface area (Å²) in [6.07, 6.45) is 3.39. The Bertz CT molecular complexity index is 986. The van der Waals surface area contributed by atoms with Crippen LogP contribution in [0.1, 0.15) is 49.4 Å². The third-order valence-corrected chi connectivity index (χ3v) is 8.45. The first-order valence-electron chi connectivity index (χ1n) is 9.80. The number of anilines is 1. The molecule has 4 nitrogen and oxygen atoms in total. The molecule has 0 spiro atoms. The van der Waals surface area contributed by atoms with Gasteiger partial charge in [-0.05, 0) is 72.9 Å². The van der Waals surface area contributed by atoms with Crippen LogP contribution in [0.4, 0.5) is 18.9 Å². The number of hydrogen-bond acceptors (Lipinski definition) is 3. The molecule has 31 heavy (non-hydrogen) atoms. The Balaban J connectivity index is 1.71. The summed E-state index contributed by atoms with van der Waals surface area (Å²) < 4.78 is 40.8. The maximum Gasteiger partial charge on any atom is 0.309 e. The van der Waals surface area contributed by atoms with Crippen LogP contribution >= 0.6 is 34.4 Å². The van der Waals surface area contributed by atoms with Gasteiger partial charge in [0.1, 0.15) is 0 Å². The molecule has 0 aliphatic heterocycles. The van der Waals surface area contributed by atoms with Crippen molar-refractivity contribution in [2.45, 2.75) is 49.2 Å². The van der Waals surface area contributed by atoms with Gasteiger partial charge >= 0.3 is 5.97 Å². The Kier molecular flexibility index (Phi) is 7.56. The zero-order valence-corrected chi connectivity index (χ0v) is 19.7. The van der Waals surface area contributed by atoms with Gasteiger partial charge in [0.05, 0.1) is 5.41 Å². The molecule has 1 fully saturated rings. The number of thioether (sulfide) groups is 1. The normalized spacial score (nSPS) is 21.0. The fourth-order valence-corrected chi connectivity index (χ4v) is 5.65. The van der Waals surface area contributed by atoms with Crippen molar-refractivity contribution in [3.63, 3.8) is 0 Å². The Morgan fingerprint density at radius 3 is 2.32 bits per heavy atom. The molecule has 1 aliphatic rings. The summed E-state index contributed by atoms with van der Waals surface area (Å²) in [5.74, 6) is -5.65. The largest absolute Gasteiger partial charge is 0.481 e. The van der Waals surface area contributed by atoms with Crippen LogP contribution in [-0.2, 0) is 4.79 Å². The second kappa shape index (κ2) is 9.81. The van der Waals surface area contributed by atoms with E-state index in [-0.39, 0.29) is 10.9 Å². The highest BCUT2D eigenvalue weighted by atomic mass is 127. The summed E-state index contributed by atoms with van der Waals surface area (Å²) in [4.78, 5) is 25.1. The Labute approximate surface area is 196 Å². The van der Waals surface area contributed by atoms with Crippen LogP contribution < -0.4 is 5.32 Å². The summed E-state index contributed by atoms with van der Waals surface area (Å²) in [6.45, 7) is 1.91. The molecule has 1 aliphatic carbocycles. The number of carbonyl (C=O) groups is 2. The van der Waals surface area contributed by atoms with Crippen LogP contribution in [-0.4, -0.2) is 22.2 Å². The number of amides is 1. The number of carbonyl (C=O) groups excluding carboxylic acids is 1. The SMILES string of the molecule is CCC1(C(=O)O)CCC(Sc2cc(C(=O)Nc3cc(F)c(F)c(F)c3)ccc2I)CC1. The monoisotopic (exact) mass is 563 g/mol. The van der Waals surface area contributed by atoms with Crippen molar-refractivity contribution in [2.75, 3.05) is 5.32 Å². The van der Waals surface area contributed by atoms with Gasteiger partial charge in [0.2, 0.25) is 0 Å². The molecule has 1 amide bonds. The van der Waals surface area contributed by atoms with E-state index in [0.29, 0.717) is 24.8 Å². The zero-order chi connectivity index (χ0) is 22.8. The van der Waals surface area contributed by atoms with E-state index >= 15 is 0 Å². The van der Waals surface area contributed by atoms with Crippen LogP contribution in [0, 0.1) is 26.4 Å². The number of carboxylic acids is 1. The smallest absolute Gasteiger partial charge is 0.309 e. The highest BCUT2D eigenvalue weighted by molar-refractivity contribution is 14.1. The lowest BCUT2D eigenvalue weighted by atomic mass is 9.72. The number of halogens is 4. The topological polar surface area (TPSA) is 66.4 Å². The number of hydrogen-bond donors (Lipinski definition) is 2. The number of rotatable bonds is 6. The molecule has 2 aromatic carbocycles. The maximum atomic E-state index is 13.4. The first-order chi connectivity index (χ1) is 14.6. The van der Waals surface area contributed by atoms with Crippen molar-refractivity contribution >= 4 is 51.9 Å². The molecule has 0 saturated heterocycles. The average Bonchev–Trinajstić information content (AvgIpc) is 2.74. The van der Waals surface area contributed by atoms with Gasteiger partial charge in [0, 0.05) is 37.1 Å². The quantitative estimate of drug-likeness (QED) is 0.312. The summed E-state index contributed by atoms with van der Waals surface area (Å²) in [6, 6.07) is 6.54. The summed E-state index contributed by atoms with van der Waals surface area (Å²) in [7, 11) is 0. The van der Waals surface area contributed by atoms with Crippen molar-refractivity contribution in [1.29, 1.82) is 0 Å². The minimum atomic E-state index is -1.59. The van der Waals surface area contributed by atoms with E-state index in [9.17, 15) is 27.9 Å². The van der Waals surface area contributed by atoms with Gasteiger partial charge in [0.15, 0.2) is 17.5 Å². The molecule has 0 atom stereocenters. The summed E-state index contributed by atoms with van der Waals surface area (Å²) >= 11 is 3.78. The van der Waals surface area contributed by atoms with Crippen molar-refractivity contribution < 1.29 is 27.9 Å². The molecule has 2 N–H and O–H groups in total. The van der Waals surface area contributed by atoms with Gasteiger partial charge in [-0.3, -0.25) is 9.59 Å². The van der Waals surface area contributed by atoms with Gasteiger partial charge in [-0.25, -0.2) is 13.2 Å². The van der Waals surface area contributed by atoms with E-state index in [1.807, 2.05) is 6.92 Å². The summed E-state index contributed by atoms with van der Waals surface area (Å²) in [5.41, 5.74) is -0.519. The predicted octanol–water partition coefficient (Wildman–Crippen LogP) is 6.48. The minimum absolute atomic E-state index is 0.175. The van der Waals surface area contributed by atoms with Crippen LogP contribution in [0.15, 0.2) is 35.2 Å². The van der Waals surface area contributed by atoms with Crippen LogP contribution in [0.5, 0.6) is 0 Å². The van der Waals surface area contributed by atoms with Crippen molar-refractivity contribution in [1.82, 2.24) is 0 Å². The van der Waals surface area contributed by atoms with Gasteiger partial charge in [-0.15, -0.1) is 11.8 Å². The predicted molar refractivity (Wildman–Crippen MR) is 122 cm³/mol. The van der Waals surface area contributed by atoms with Crippen molar-refractivity contribution in [3.8, 4) is 0 Å². The standard InChI is InChI=1S/C22H21F3INO3S/c1-2-22(21(29)30)7-5-14(6-8-22)31-18-9-12(3-4-17(18)26)20(28)27-13-10-15(23)19(25)16(24)11-13/h3-4,9-11,14H,2,5-8H2,1H3,(H,27,28)(H,29,30). The summed E-state index contributed by atoms with van der Waals surface area (Å²) in [5, 5.41) is 12.2. The molecule has 0 bridgehead atoms. The van der Waals surface area contributed by atoms with Gasteiger partial charge in [-0.2, -0.15) is 0 Å². The molecule has 0 unspecified atom stereocenters. The number of carboxylic acid groups (broad SMARTS) is 1. The lowest BCUT2D eigenvalue weighted by molar-refractivity contribution is -0.151. The second-order valence-electron chi connectivity index (χ2n) is 7.61. The fraction of sp³-hybridized carbons (Fsp3) is 0.364. The van der Waals surface area contributed by atoms with E-state index in [4.69, 9.17) is 0 Å². The highest BCUT2D eigenvalue weighted by Gasteiger charge is 2.40. The molecular formula is C22H21F3INO3S. The van der Waals surface area contributed by atoms with E-state index in [0.717, 1.165) is 33.4 Å². The maximum absolute atomic E-state index is 13.4. The van der Waals surface area contributed by atoms with Gasteiger partial charge in [0.25, 0.3) is 5.91 Å². The Morgan fingerprint density at radius 1 is 1.16 bits per heavy atom. The average molecular weight is 563 g/mol. The van der Waals surface area contributed by atoms with Crippen LogP contribution in [0.2, 0.25) is 0 Å². The Hall–Kier alpha value is -1.75. The Morgan fingerprint density at radius 2 is 1.77 bits per heavy atom. The number of benzene rings is 2. The fourth-order valence-electron chi connectivity index (χ4n) is 3.73.